The number of ether oxygens (including phenoxy) is 2. The van der Waals surface area contributed by atoms with Crippen LogP contribution < -0.4 is 5.32 Å². The molecule has 0 aliphatic rings. The van der Waals surface area contributed by atoms with Crippen LogP contribution >= 0.6 is 11.8 Å². The highest BCUT2D eigenvalue weighted by Crippen LogP contribution is 2.17. The van der Waals surface area contributed by atoms with Gasteiger partial charge in [0.05, 0.1) is 12.2 Å². The third-order valence-corrected chi connectivity index (χ3v) is 2.75. The Morgan fingerprint density at radius 3 is 2.75 bits per heavy atom. The summed E-state index contributed by atoms with van der Waals surface area (Å²) in [6.07, 6.45) is 2.45. The minimum atomic E-state index is -0.875. The van der Waals surface area contributed by atoms with Crippen molar-refractivity contribution in [1.82, 2.24) is 10.3 Å². The van der Waals surface area contributed by atoms with Gasteiger partial charge in [-0.05, 0) is 25.3 Å². The van der Waals surface area contributed by atoms with Crippen LogP contribution in [0.3, 0.4) is 0 Å². The second-order valence-corrected chi connectivity index (χ2v) is 4.20. The van der Waals surface area contributed by atoms with Gasteiger partial charge in [0.1, 0.15) is 5.03 Å². The van der Waals surface area contributed by atoms with Crippen LogP contribution in [-0.2, 0) is 14.3 Å². The number of imide groups is 1. The molecule has 0 aliphatic heterocycles. The molecule has 8 heteroatoms. The van der Waals surface area contributed by atoms with E-state index < -0.39 is 24.6 Å². The molecular formula is C12H14N2O5S. The Morgan fingerprint density at radius 1 is 1.35 bits per heavy atom. The molecule has 2 amide bonds. The number of aromatic nitrogens is 1. The van der Waals surface area contributed by atoms with E-state index in [0.29, 0.717) is 5.03 Å². The predicted molar refractivity (Wildman–Crippen MR) is 71.5 cm³/mol. The molecular weight excluding hydrogens is 284 g/mol. The minimum Gasteiger partial charge on any atom is -0.452 e. The number of nitrogens with zero attached hydrogens (tertiary/aromatic N) is 1. The molecule has 0 saturated carbocycles. The molecule has 0 bridgehead atoms. The monoisotopic (exact) mass is 298 g/mol. The van der Waals surface area contributed by atoms with Crippen LogP contribution in [0.15, 0.2) is 23.4 Å². The molecule has 0 saturated heterocycles. The highest BCUT2D eigenvalue weighted by Gasteiger charge is 2.16. The summed E-state index contributed by atoms with van der Waals surface area (Å²) < 4.78 is 9.32. The van der Waals surface area contributed by atoms with Gasteiger partial charge in [-0.3, -0.25) is 10.1 Å². The lowest BCUT2D eigenvalue weighted by Crippen LogP contribution is -2.34. The fraction of sp³-hybridized carbons (Fsp3) is 0.333. The second-order valence-electron chi connectivity index (χ2n) is 3.41. The first-order chi connectivity index (χ1) is 9.58. The molecule has 0 spiro atoms. The van der Waals surface area contributed by atoms with Crippen LogP contribution in [0.25, 0.3) is 0 Å². The number of thioether (sulfide) groups is 1. The summed E-state index contributed by atoms with van der Waals surface area (Å²) in [4.78, 5) is 38.0. The topological polar surface area (TPSA) is 94.6 Å². The van der Waals surface area contributed by atoms with Crippen molar-refractivity contribution in [2.75, 3.05) is 19.5 Å². The maximum absolute atomic E-state index is 11.8. The summed E-state index contributed by atoms with van der Waals surface area (Å²) in [6, 6.07) is 3.14. The minimum absolute atomic E-state index is 0.145. The molecule has 1 N–H and O–H groups in total. The second kappa shape index (κ2) is 8.16. The Morgan fingerprint density at radius 2 is 2.10 bits per heavy atom. The van der Waals surface area contributed by atoms with E-state index in [-0.39, 0.29) is 12.2 Å². The number of carbonyl (C=O) groups is 3. The van der Waals surface area contributed by atoms with E-state index in [2.05, 4.69) is 9.72 Å². The van der Waals surface area contributed by atoms with Crippen LogP contribution in [0.1, 0.15) is 17.3 Å². The summed E-state index contributed by atoms with van der Waals surface area (Å²) in [5.74, 6) is -1.44. The number of pyridine rings is 1. The Balaban J connectivity index is 2.51. The van der Waals surface area contributed by atoms with Gasteiger partial charge in [0, 0.05) is 6.20 Å². The predicted octanol–water partition coefficient (Wildman–Crippen LogP) is 1.23. The van der Waals surface area contributed by atoms with E-state index >= 15 is 0 Å². The summed E-state index contributed by atoms with van der Waals surface area (Å²) in [5, 5.41) is 2.42. The molecule has 108 valence electrons. The summed E-state index contributed by atoms with van der Waals surface area (Å²) in [7, 11) is 0. The maximum atomic E-state index is 11.8. The van der Waals surface area contributed by atoms with E-state index in [9.17, 15) is 14.4 Å². The van der Waals surface area contributed by atoms with E-state index in [1.165, 1.54) is 11.8 Å². The van der Waals surface area contributed by atoms with Crippen molar-refractivity contribution in [2.24, 2.45) is 0 Å². The van der Waals surface area contributed by atoms with Gasteiger partial charge in [0.2, 0.25) is 0 Å². The Labute approximate surface area is 120 Å². The lowest BCUT2D eigenvalue weighted by molar-refractivity contribution is -0.123. The number of rotatable bonds is 5. The number of esters is 1. The quantitative estimate of drug-likeness (QED) is 0.645. The van der Waals surface area contributed by atoms with Crippen molar-refractivity contribution in [3.8, 4) is 0 Å². The van der Waals surface area contributed by atoms with E-state index in [1.807, 2.05) is 5.32 Å². The zero-order chi connectivity index (χ0) is 15.0. The molecule has 0 fully saturated rings. The molecule has 0 aliphatic carbocycles. The Kier molecular flexibility index (Phi) is 6.51. The molecule has 0 atom stereocenters. The molecule has 1 aromatic rings. The zero-order valence-electron chi connectivity index (χ0n) is 11.0. The number of carbonyl (C=O) groups excluding carboxylic acids is 3. The average Bonchev–Trinajstić information content (AvgIpc) is 2.44. The molecule has 1 aromatic heterocycles. The van der Waals surface area contributed by atoms with E-state index in [1.54, 1.807) is 31.5 Å². The third-order valence-electron chi connectivity index (χ3n) is 2.04. The number of hydrogen-bond donors (Lipinski definition) is 1. The maximum Gasteiger partial charge on any atom is 0.413 e. The van der Waals surface area contributed by atoms with Crippen LogP contribution in [0, 0.1) is 0 Å². The van der Waals surface area contributed by atoms with Crippen molar-refractivity contribution < 1.29 is 23.9 Å². The van der Waals surface area contributed by atoms with Crippen LogP contribution in [0.5, 0.6) is 0 Å². The fourth-order valence-electron chi connectivity index (χ4n) is 1.23. The number of hydrogen-bond acceptors (Lipinski definition) is 7. The van der Waals surface area contributed by atoms with Gasteiger partial charge in [-0.2, -0.15) is 0 Å². The summed E-state index contributed by atoms with van der Waals surface area (Å²) >= 11 is 1.29. The van der Waals surface area contributed by atoms with E-state index in [0.717, 1.165) is 0 Å². The molecule has 7 nitrogen and oxygen atoms in total. The Hall–Kier alpha value is -2.09. The number of alkyl carbamates (subject to hydrolysis) is 1. The highest BCUT2D eigenvalue weighted by atomic mass is 32.2. The Bertz CT molecular complexity index is 506. The van der Waals surface area contributed by atoms with Crippen LogP contribution in [0.2, 0.25) is 0 Å². The van der Waals surface area contributed by atoms with Crippen molar-refractivity contribution in [2.45, 2.75) is 11.9 Å². The lowest BCUT2D eigenvalue weighted by atomic mass is 10.3. The number of nitrogens with one attached hydrogen (secondary N) is 1. The van der Waals surface area contributed by atoms with Gasteiger partial charge >= 0.3 is 12.1 Å². The standard InChI is InChI=1S/C12H14N2O5S/c1-3-18-12(17)14-9(15)7-19-11(16)8-5-4-6-13-10(8)20-2/h4-6H,3,7H2,1-2H3,(H,14,15,17). The molecule has 20 heavy (non-hydrogen) atoms. The average molecular weight is 298 g/mol. The molecule has 0 radical (unpaired) electrons. The normalized spacial score (nSPS) is 9.70. The van der Waals surface area contributed by atoms with Crippen LogP contribution in [-0.4, -0.2) is 42.4 Å². The fourth-order valence-corrected chi connectivity index (χ4v) is 1.77. The molecule has 1 rings (SSSR count). The first kappa shape index (κ1) is 16.0. The zero-order valence-corrected chi connectivity index (χ0v) is 11.9. The first-order valence-corrected chi connectivity index (χ1v) is 6.93. The SMILES string of the molecule is CCOC(=O)NC(=O)COC(=O)c1cccnc1SC. The first-order valence-electron chi connectivity index (χ1n) is 5.71. The van der Waals surface area contributed by atoms with Gasteiger partial charge in [-0.15, -0.1) is 11.8 Å². The summed E-state index contributed by atoms with van der Waals surface area (Å²) in [5.41, 5.74) is 0.268. The highest BCUT2D eigenvalue weighted by molar-refractivity contribution is 7.98. The van der Waals surface area contributed by atoms with Crippen LogP contribution in [0.4, 0.5) is 4.79 Å². The van der Waals surface area contributed by atoms with Gasteiger partial charge in [0.25, 0.3) is 5.91 Å². The van der Waals surface area contributed by atoms with Crippen molar-refractivity contribution in [1.29, 1.82) is 0 Å². The van der Waals surface area contributed by atoms with Gasteiger partial charge in [0.15, 0.2) is 6.61 Å². The van der Waals surface area contributed by atoms with Gasteiger partial charge in [-0.25, -0.2) is 14.6 Å². The van der Waals surface area contributed by atoms with E-state index in [4.69, 9.17) is 4.74 Å². The van der Waals surface area contributed by atoms with Crippen molar-refractivity contribution in [3.05, 3.63) is 23.9 Å². The van der Waals surface area contributed by atoms with Crippen molar-refractivity contribution in [3.63, 3.8) is 0 Å². The molecule has 0 aromatic carbocycles. The largest absolute Gasteiger partial charge is 0.452 e. The molecule has 0 unspecified atom stereocenters. The lowest BCUT2D eigenvalue weighted by Gasteiger charge is -2.07. The third kappa shape index (κ3) is 4.88. The van der Waals surface area contributed by atoms with Gasteiger partial charge < -0.3 is 9.47 Å². The van der Waals surface area contributed by atoms with Gasteiger partial charge in [-0.1, -0.05) is 0 Å². The summed E-state index contributed by atoms with van der Waals surface area (Å²) in [6.45, 7) is 1.18. The van der Waals surface area contributed by atoms with Crippen molar-refractivity contribution >= 4 is 29.7 Å². The smallest absolute Gasteiger partial charge is 0.413 e. The molecule has 1 heterocycles. The number of amides is 2.